The first kappa shape index (κ1) is 20.4. The van der Waals surface area contributed by atoms with E-state index in [1.807, 2.05) is 78.9 Å². The summed E-state index contributed by atoms with van der Waals surface area (Å²) in [6.07, 6.45) is 0. The van der Waals surface area contributed by atoms with Crippen LogP contribution in [0, 0.1) is 0 Å². The van der Waals surface area contributed by atoms with E-state index in [9.17, 15) is 5.48 Å². The maximum atomic E-state index is 9.61. The first-order chi connectivity index (χ1) is 27.8. The van der Waals surface area contributed by atoms with Gasteiger partial charge in [-0.2, -0.15) is 0 Å². The summed E-state index contributed by atoms with van der Waals surface area (Å²) < 4.78 is 81.7. The molecule has 49 heavy (non-hydrogen) atoms. The normalized spacial score (nSPS) is 15.8. The third-order valence-electron chi connectivity index (χ3n) is 10.4. The lowest BCUT2D eigenvalue weighted by Crippen LogP contribution is -2.14. The number of hydrogen-bond donors (Lipinski definition) is 0. The van der Waals surface area contributed by atoms with E-state index in [0.717, 1.165) is 21.5 Å². The van der Waals surface area contributed by atoms with Crippen molar-refractivity contribution in [3.05, 3.63) is 181 Å². The molecule has 0 aromatic heterocycles. The van der Waals surface area contributed by atoms with E-state index in [-0.39, 0.29) is 58.4 Å². The van der Waals surface area contributed by atoms with Crippen LogP contribution in [0.3, 0.4) is 0 Å². The van der Waals surface area contributed by atoms with E-state index >= 15 is 0 Å². The molecule has 0 atom stereocenters. The van der Waals surface area contributed by atoms with Gasteiger partial charge in [0.15, 0.2) is 0 Å². The van der Waals surface area contributed by atoms with Gasteiger partial charge in [-0.05, 0) is 117 Å². The standard InChI is InChI=1S/C49H34/c1-49(2)44-19-11-10-16-39(44)43-29-36-25-24-35(28-37(36)30-45(43)49)31-20-22-34(23-21-31)46-40-17-8-9-18-41(40)47(33-13-4-3-5-14-33)48-38-15-7-6-12-32(38)26-27-42(46)48/h3-30H,1-2H3/i3D,4D,5D,13D,14D,20D,21D,22D,23D. The van der Waals surface area contributed by atoms with Crippen LogP contribution in [0.5, 0.6) is 0 Å². The molecule has 10 rings (SSSR count). The van der Waals surface area contributed by atoms with Gasteiger partial charge in [-0.15, -0.1) is 0 Å². The highest BCUT2D eigenvalue weighted by Crippen LogP contribution is 2.50. The highest BCUT2D eigenvalue weighted by Gasteiger charge is 2.35. The van der Waals surface area contributed by atoms with Crippen molar-refractivity contribution in [2.24, 2.45) is 0 Å². The molecule has 0 saturated carbocycles. The van der Waals surface area contributed by atoms with Crippen molar-refractivity contribution >= 4 is 43.1 Å². The SMILES string of the molecule is [2H]c1c([2H])c([2H])c(-c2c3ccccc3c(-c3c([2H])c([2H])c(-c4ccc5cc6c(cc5c4)C(C)(C)c4ccccc4-6)c([2H])c3[2H])c3ccc4ccccc4c23)c([2H])c1[2H]. The second kappa shape index (κ2) is 10.5. The Bertz CT molecular complexity index is 3250. The maximum Gasteiger partial charge on any atom is 0.0629 e. The molecular formula is C49H34. The number of rotatable bonds is 3. The van der Waals surface area contributed by atoms with Crippen molar-refractivity contribution < 1.29 is 12.3 Å². The third kappa shape index (κ3) is 4.17. The minimum Gasteiger partial charge on any atom is -0.0622 e. The zero-order valence-corrected chi connectivity index (χ0v) is 27.0. The van der Waals surface area contributed by atoms with Gasteiger partial charge in [-0.1, -0.05) is 165 Å². The van der Waals surface area contributed by atoms with Gasteiger partial charge in [0, 0.05) is 5.41 Å². The van der Waals surface area contributed by atoms with Gasteiger partial charge in [0.25, 0.3) is 0 Å². The van der Waals surface area contributed by atoms with E-state index in [1.165, 1.54) is 22.3 Å². The molecule has 0 spiro atoms. The van der Waals surface area contributed by atoms with Crippen LogP contribution in [0.25, 0.3) is 87.6 Å². The van der Waals surface area contributed by atoms with Crippen LogP contribution in [0.4, 0.5) is 0 Å². The van der Waals surface area contributed by atoms with Crippen molar-refractivity contribution in [2.75, 3.05) is 0 Å². The zero-order chi connectivity index (χ0) is 40.5. The fourth-order valence-corrected chi connectivity index (χ4v) is 8.04. The fraction of sp³-hybridized carbons (Fsp3) is 0.0612. The van der Waals surface area contributed by atoms with Crippen LogP contribution in [0.2, 0.25) is 0 Å². The van der Waals surface area contributed by atoms with Crippen LogP contribution >= 0.6 is 0 Å². The van der Waals surface area contributed by atoms with E-state index in [0.29, 0.717) is 38.2 Å². The van der Waals surface area contributed by atoms with Crippen LogP contribution in [-0.4, -0.2) is 0 Å². The van der Waals surface area contributed by atoms with E-state index in [1.54, 1.807) is 0 Å². The van der Waals surface area contributed by atoms with E-state index < -0.39 is 18.1 Å². The molecule has 0 bridgehead atoms. The average molecular weight is 632 g/mol. The monoisotopic (exact) mass is 631 g/mol. The Morgan fingerprint density at radius 1 is 0.408 bits per heavy atom. The second-order valence-electron chi connectivity index (χ2n) is 13.4. The number of fused-ring (bicyclic) bond motifs is 8. The Hall–Kier alpha value is -5.98. The van der Waals surface area contributed by atoms with Crippen molar-refractivity contribution in [1.29, 1.82) is 0 Å². The molecule has 0 aliphatic heterocycles. The van der Waals surface area contributed by atoms with Gasteiger partial charge in [0.1, 0.15) is 0 Å². The Labute approximate surface area is 299 Å². The largest absolute Gasteiger partial charge is 0.0629 e. The molecule has 0 amide bonds. The molecule has 1 aliphatic rings. The molecule has 0 nitrogen and oxygen atoms in total. The minimum atomic E-state index is -0.484. The molecule has 0 saturated heterocycles. The lowest BCUT2D eigenvalue weighted by molar-refractivity contribution is 0.661. The summed E-state index contributed by atoms with van der Waals surface area (Å²) in [5, 5.41) is 5.89. The maximum absolute atomic E-state index is 9.61. The summed E-state index contributed by atoms with van der Waals surface area (Å²) in [4.78, 5) is 0. The van der Waals surface area contributed by atoms with Gasteiger partial charge in [-0.3, -0.25) is 0 Å². The first-order valence-corrected chi connectivity index (χ1v) is 16.5. The predicted octanol–water partition coefficient (Wildman–Crippen LogP) is 13.6. The summed E-state index contributed by atoms with van der Waals surface area (Å²) >= 11 is 0. The topological polar surface area (TPSA) is 0 Å². The summed E-state index contributed by atoms with van der Waals surface area (Å²) in [6.45, 7) is 4.45. The second-order valence-corrected chi connectivity index (χ2v) is 13.4. The van der Waals surface area contributed by atoms with Gasteiger partial charge < -0.3 is 0 Å². The van der Waals surface area contributed by atoms with Gasteiger partial charge in [0.05, 0.1) is 12.3 Å². The smallest absolute Gasteiger partial charge is 0.0622 e. The Morgan fingerprint density at radius 3 is 1.88 bits per heavy atom. The molecule has 0 heteroatoms. The Balaban J connectivity index is 1.25. The van der Waals surface area contributed by atoms with Gasteiger partial charge in [-0.25, -0.2) is 0 Å². The quantitative estimate of drug-likeness (QED) is 0.134. The lowest BCUT2D eigenvalue weighted by Gasteiger charge is -2.21. The Morgan fingerprint density at radius 2 is 1.06 bits per heavy atom. The third-order valence-corrected chi connectivity index (χ3v) is 10.4. The van der Waals surface area contributed by atoms with Crippen molar-refractivity contribution in [3.8, 4) is 44.5 Å². The summed E-state index contributed by atoms with van der Waals surface area (Å²) in [5.74, 6) is 0. The summed E-state index contributed by atoms with van der Waals surface area (Å²) in [6, 6.07) is 34.7. The highest BCUT2D eigenvalue weighted by atomic mass is 14.4. The molecule has 9 aromatic carbocycles. The molecule has 230 valence electrons. The summed E-state index contributed by atoms with van der Waals surface area (Å²) in [5.41, 5.74) is 6.57. The molecule has 0 unspecified atom stereocenters. The molecule has 0 heterocycles. The number of hydrogen-bond acceptors (Lipinski definition) is 0. The van der Waals surface area contributed by atoms with Crippen molar-refractivity contribution in [2.45, 2.75) is 19.3 Å². The molecule has 0 fully saturated rings. The molecule has 0 N–H and O–H groups in total. The minimum absolute atomic E-state index is 0.0548. The van der Waals surface area contributed by atoms with Crippen molar-refractivity contribution in [3.63, 3.8) is 0 Å². The lowest BCUT2D eigenvalue weighted by atomic mass is 9.82. The number of benzene rings is 9. The first-order valence-electron chi connectivity index (χ1n) is 21.0. The zero-order valence-electron chi connectivity index (χ0n) is 36.0. The fourth-order valence-electron chi connectivity index (χ4n) is 8.04. The van der Waals surface area contributed by atoms with Crippen molar-refractivity contribution in [1.82, 2.24) is 0 Å². The van der Waals surface area contributed by atoms with Crippen LogP contribution in [-0.2, 0) is 5.41 Å². The van der Waals surface area contributed by atoms with Gasteiger partial charge in [0.2, 0.25) is 0 Å². The van der Waals surface area contributed by atoms with Crippen LogP contribution in [0.15, 0.2) is 170 Å². The van der Waals surface area contributed by atoms with Crippen LogP contribution in [0.1, 0.15) is 37.3 Å². The summed E-state index contributed by atoms with van der Waals surface area (Å²) in [7, 11) is 0. The molecule has 9 aromatic rings. The Kier molecular flexibility index (Phi) is 4.38. The molecule has 0 radical (unpaired) electrons. The van der Waals surface area contributed by atoms with Crippen LogP contribution < -0.4 is 0 Å². The molecule has 1 aliphatic carbocycles. The average Bonchev–Trinajstić information content (AvgIpc) is 3.45. The highest BCUT2D eigenvalue weighted by molar-refractivity contribution is 6.27. The van der Waals surface area contributed by atoms with E-state index in [2.05, 4.69) is 50.2 Å². The molecular weight excluding hydrogens is 589 g/mol. The van der Waals surface area contributed by atoms with E-state index in [4.69, 9.17) is 6.85 Å². The predicted molar refractivity (Wildman–Crippen MR) is 210 cm³/mol. The van der Waals surface area contributed by atoms with Gasteiger partial charge >= 0.3 is 0 Å².